The molecule has 0 spiro atoms. The maximum absolute atomic E-state index is 12.7. The number of ether oxygens (including phenoxy) is 1. The summed E-state index contributed by atoms with van der Waals surface area (Å²) >= 11 is 0. The molecule has 7 nitrogen and oxygen atoms in total. The number of nitrogens with one attached hydrogen (secondary N) is 1. The molecule has 0 aliphatic heterocycles. The zero-order chi connectivity index (χ0) is 18.6. The lowest BCUT2D eigenvalue weighted by Crippen LogP contribution is -2.25. The predicted molar refractivity (Wildman–Crippen MR) is 103 cm³/mol. The van der Waals surface area contributed by atoms with Crippen LogP contribution in [0.2, 0.25) is 0 Å². The zero-order valence-electron chi connectivity index (χ0n) is 14.9. The summed E-state index contributed by atoms with van der Waals surface area (Å²) in [5.74, 6) is 0.281. The molecule has 0 bridgehead atoms. The van der Waals surface area contributed by atoms with Gasteiger partial charge in [0, 0.05) is 24.5 Å². The van der Waals surface area contributed by atoms with Crippen molar-refractivity contribution in [3.63, 3.8) is 0 Å². The molecule has 0 unspecified atom stereocenters. The lowest BCUT2D eigenvalue weighted by Gasteiger charge is -2.10. The topological polar surface area (TPSA) is 81.9 Å². The Morgan fingerprint density at radius 2 is 1.89 bits per heavy atom. The largest absolute Gasteiger partial charge is 0.481 e. The van der Waals surface area contributed by atoms with Crippen LogP contribution in [0.3, 0.4) is 0 Å². The van der Waals surface area contributed by atoms with E-state index in [1.165, 1.54) is 0 Å². The minimum atomic E-state index is -0.143. The van der Waals surface area contributed by atoms with E-state index in [0.717, 1.165) is 28.4 Å². The number of amides is 1. The number of carbonyl (C=O) groups excluding carboxylic acids is 1. The van der Waals surface area contributed by atoms with Crippen molar-refractivity contribution in [3.8, 4) is 5.88 Å². The number of fused-ring (bicyclic) bond motifs is 2. The van der Waals surface area contributed by atoms with E-state index in [9.17, 15) is 4.79 Å². The van der Waals surface area contributed by atoms with Gasteiger partial charge in [0.15, 0.2) is 0 Å². The van der Waals surface area contributed by atoms with Gasteiger partial charge in [-0.05, 0) is 24.6 Å². The number of carbonyl (C=O) groups is 1. The molecule has 2 aromatic carbocycles. The van der Waals surface area contributed by atoms with Gasteiger partial charge in [-0.1, -0.05) is 35.5 Å². The maximum atomic E-state index is 12.7. The molecule has 4 aromatic rings. The van der Waals surface area contributed by atoms with Crippen LogP contribution in [-0.4, -0.2) is 39.5 Å². The Balaban J connectivity index is 1.43. The standard InChI is InChI=1S/C20H19N5O2/c1-27-19-13-15(14-7-2-3-8-16(14)22-19)20(26)21-11-6-12-25-18-10-5-4-9-17(18)23-24-25/h2-5,7-10,13H,6,11-12H2,1H3,(H,21,26). The zero-order valence-corrected chi connectivity index (χ0v) is 14.9. The first kappa shape index (κ1) is 17.0. The van der Waals surface area contributed by atoms with Crippen LogP contribution in [0.5, 0.6) is 5.88 Å². The molecule has 27 heavy (non-hydrogen) atoms. The van der Waals surface area contributed by atoms with Gasteiger partial charge < -0.3 is 10.1 Å². The molecule has 0 radical (unpaired) electrons. The summed E-state index contributed by atoms with van der Waals surface area (Å²) in [4.78, 5) is 17.0. The SMILES string of the molecule is COc1cc(C(=O)NCCCn2nnc3ccccc32)c2ccccc2n1. The van der Waals surface area contributed by atoms with Gasteiger partial charge in [0.2, 0.25) is 5.88 Å². The van der Waals surface area contributed by atoms with Gasteiger partial charge in [0.1, 0.15) is 5.52 Å². The number of pyridine rings is 1. The molecule has 0 aliphatic rings. The first-order chi connectivity index (χ1) is 13.3. The van der Waals surface area contributed by atoms with Crippen LogP contribution in [0.15, 0.2) is 54.6 Å². The highest BCUT2D eigenvalue weighted by Gasteiger charge is 2.13. The predicted octanol–water partition coefficient (Wildman–Crippen LogP) is 2.81. The fraction of sp³-hybridized carbons (Fsp3) is 0.200. The van der Waals surface area contributed by atoms with Gasteiger partial charge in [-0.15, -0.1) is 5.10 Å². The van der Waals surface area contributed by atoms with Crippen molar-refractivity contribution in [2.24, 2.45) is 0 Å². The van der Waals surface area contributed by atoms with Crippen LogP contribution in [0.4, 0.5) is 0 Å². The van der Waals surface area contributed by atoms with Crippen LogP contribution in [-0.2, 0) is 6.54 Å². The molecular weight excluding hydrogens is 342 g/mol. The quantitative estimate of drug-likeness (QED) is 0.534. The molecule has 4 rings (SSSR count). The van der Waals surface area contributed by atoms with E-state index < -0.39 is 0 Å². The minimum Gasteiger partial charge on any atom is -0.481 e. The van der Waals surface area contributed by atoms with Crippen LogP contribution >= 0.6 is 0 Å². The number of methoxy groups -OCH3 is 1. The summed E-state index contributed by atoms with van der Waals surface area (Å²) in [6.07, 6.45) is 0.749. The third-order valence-corrected chi connectivity index (χ3v) is 4.40. The Labute approximate surface area is 156 Å². The van der Waals surface area contributed by atoms with Crippen LogP contribution in [0.25, 0.3) is 21.9 Å². The van der Waals surface area contributed by atoms with Crippen LogP contribution in [0.1, 0.15) is 16.8 Å². The summed E-state index contributed by atoms with van der Waals surface area (Å²) < 4.78 is 7.07. The summed E-state index contributed by atoms with van der Waals surface area (Å²) in [5, 5.41) is 12.1. The molecule has 7 heteroatoms. The molecular formula is C20H19N5O2. The van der Waals surface area contributed by atoms with Gasteiger partial charge in [-0.3, -0.25) is 4.79 Å². The van der Waals surface area contributed by atoms with Gasteiger partial charge >= 0.3 is 0 Å². The Morgan fingerprint density at radius 1 is 1.11 bits per heavy atom. The van der Waals surface area contributed by atoms with Crippen LogP contribution in [0, 0.1) is 0 Å². The van der Waals surface area contributed by atoms with Crippen molar-refractivity contribution >= 4 is 27.8 Å². The van der Waals surface area contributed by atoms with E-state index in [0.29, 0.717) is 24.5 Å². The van der Waals surface area contributed by atoms with Crippen molar-refractivity contribution in [3.05, 3.63) is 60.2 Å². The number of aryl methyl sites for hydroxylation is 1. The van der Waals surface area contributed by atoms with Gasteiger partial charge in [-0.2, -0.15) is 0 Å². The summed E-state index contributed by atoms with van der Waals surface area (Å²) in [5.41, 5.74) is 3.16. The Kier molecular flexibility index (Phi) is 4.65. The van der Waals surface area contributed by atoms with E-state index in [-0.39, 0.29) is 5.91 Å². The van der Waals surface area contributed by atoms with Crippen molar-refractivity contribution in [2.45, 2.75) is 13.0 Å². The third-order valence-electron chi connectivity index (χ3n) is 4.40. The molecule has 136 valence electrons. The van der Waals surface area contributed by atoms with Crippen molar-refractivity contribution in [2.75, 3.05) is 13.7 Å². The normalized spacial score (nSPS) is 11.0. The average molecular weight is 361 g/mol. The van der Waals surface area contributed by atoms with Crippen LogP contribution < -0.4 is 10.1 Å². The molecule has 2 aromatic heterocycles. The Hall–Kier alpha value is -3.48. The van der Waals surface area contributed by atoms with Gasteiger partial charge in [0.25, 0.3) is 5.91 Å². The second kappa shape index (κ2) is 7.41. The smallest absolute Gasteiger partial charge is 0.252 e. The first-order valence-corrected chi connectivity index (χ1v) is 8.76. The van der Waals surface area contributed by atoms with E-state index in [1.54, 1.807) is 13.2 Å². The third kappa shape index (κ3) is 3.44. The van der Waals surface area contributed by atoms with E-state index in [4.69, 9.17) is 4.74 Å². The molecule has 1 N–H and O–H groups in total. The second-order valence-electron chi connectivity index (χ2n) is 6.14. The average Bonchev–Trinajstić information content (AvgIpc) is 3.13. The number of benzene rings is 2. The van der Waals surface area contributed by atoms with E-state index >= 15 is 0 Å². The Morgan fingerprint density at radius 3 is 2.74 bits per heavy atom. The van der Waals surface area contributed by atoms with Gasteiger partial charge in [-0.25, -0.2) is 9.67 Å². The highest BCUT2D eigenvalue weighted by Crippen LogP contribution is 2.21. The van der Waals surface area contributed by atoms with Gasteiger partial charge in [0.05, 0.1) is 23.7 Å². The number of hydrogen-bond donors (Lipinski definition) is 1. The number of aromatic nitrogens is 4. The Bertz CT molecular complexity index is 1110. The molecule has 0 aliphatic carbocycles. The number of rotatable bonds is 6. The highest BCUT2D eigenvalue weighted by molar-refractivity contribution is 6.06. The number of nitrogens with zero attached hydrogens (tertiary/aromatic N) is 4. The van der Waals surface area contributed by atoms with Crippen molar-refractivity contribution < 1.29 is 9.53 Å². The van der Waals surface area contributed by atoms with E-state index in [2.05, 4.69) is 20.6 Å². The van der Waals surface area contributed by atoms with E-state index in [1.807, 2.05) is 53.2 Å². The highest BCUT2D eigenvalue weighted by atomic mass is 16.5. The minimum absolute atomic E-state index is 0.143. The molecule has 2 heterocycles. The maximum Gasteiger partial charge on any atom is 0.252 e. The molecule has 1 amide bonds. The lowest BCUT2D eigenvalue weighted by atomic mass is 10.1. The summed E-state index contributed by atoms with van der Waals surface area (Å²) in [6.45, 7) is 1.22. The second-order valence-corrected chi connectivity index (χ2v) is 6.14. The molecule has 0 saturated carbocycles. The fourth-order valence-corrected chi connectivity index (χ4v) is 3.05. The summed E-state index contributed by atoms with van der Waals surface area (Å²) in [7, 11) is 1.54. The molecule has 0 atom stereocenters. The first-order valence-electron chi connectivity index (χ1n) is 8.76. The summed E-state index contributed by atoms with van der Waals surface area (Å²) in [6, 6.07) is 17.0. The number of hydrogen-bond acceptors (Lipinski definition) is 5. The molecule has 0 fully saturated rings. The monoisotopic (exact) mass is 361 g/mol. The number of para-hydroxylation sites is 2. The fourth-order valence-electron chi connectivity index (χ4n) is 3.05. The van der Waals surface area contributed by atoms with Crippen molar-refractivity contribution in [1.82, 2.24) is 25.3 Å². The lowest BCUT2D eigenvalue weighted by molar-refractivity contribution is 0.0954. The molecule has 0 saturated heterocycles. The van der Waals surface area contributed by atoms with Crippen molar-refractivity contribution in [1.29, 1.82) is 0 Å².